The van der Waals surface area contributed by atoms with E-state index < -0.39 is 0 Å². The first kappa shape index (κ1) is 15.7. The van der Waals surface area contributed by atoms with Gasteiger partial charge in [0.1, 0.15) is 11.5 Å². The van der Waals surface area contributed by atoms with Crippen LogP contribution >= 0.6 is 0 Å². The highest BCUT2D eigenvalue weighted by atomic mass is 16.3. The number of aliphatic hydroxyl groups is 2. The van der Waals surface area contributed by atoms with Gasteiger partial charge in [0, 0.05) is 18.9 Å². The molecule has 1 aromatic rings. The number of phenols is 1. The summed E-state index contributed by atoms with van der Waals surface area (Å²) < 4.78 is 0. The van der Waals surface area contributed by atoms with Gasteiger partial charge in [-0.05, 0) is 36.3 Å². The molecule has 5 nitrogen and oxygen atoms in total. The highest BCUT2D eigenvalue weighted by Crippen LogP contribution is 2.21. The molecule has 5 heteroatoms. The van der Waals surface area contributed by atoms with E-state index in [1.54, 1.807) is 24.3 Å². The second-order valence-electron chi connectivity index (χ2n) is 5.13. The third kappa shape index (κ3) is 4.70. The molecule has 0 saturated carbocycles. The quantitative estimate of drug-likeness (QED) is 0.629. The number of carbonyl (C=O) groups excluding carboxylic acids is 1. The van der Waals surface area contributed by atoms with E-state index in [2.05, 4.69) is 5.32 Å². The van der Waals surface area contributed by atoms with Crippen LogP contribution in [0.3, 0.4) is 0 Å². The van der Waals surface area contributed by atoms with Crippen molar-refractivity contribution in [2.75, 3.05) is 6.54 Å². The Morgan fingerprint density at radius 2 is 1.95 bits per heavy atom. The van der Waals surface area contributed by atoms with E-state index in [0.29, 0.717) is 19.4 Å². The number of benzene rings is 1. The van der Waals surface area contributed by atoms with Gasteiger partial charge in [0.25, 0.3) is 0 Å². The molecular formula is C17H19NO4. The van der Waals surface area contributed by atoms with E-state index in [0.717, 1.165) is 5.56 Å². The SMILES string of the molecule is O=C(/C=C/C1C=CC(O)=C(O)C1)NCCc1ccc(O)cc1. The minimum atomic E-state index is -0.203. The molecule has 0 bridgehead atoms. The number of aliphatic hydroxyl groups excluding tert-OH is 2. The molecule has 0 spiro atoms. The Bertz CT molecular complexity index is 614. The van der Waals surface area contributed by atoms with Crippen molar-refractivity contribution in [3.05, 3.63) is 65.7 Å². The lowest BCUT2D eigenvalue weighted by Gasteiger charge is -2.12. The number of carbonyl (C=O) groups is 1. The zero-order chi connectivity index (χ0) is 15.9. The van der Waals surface area contributed by atoms with Crippen molar-refractivity contribution >= 4 is 5.91 Å². The van der Waals surface area contributed by atoms with Crippen molar-refractivity contribution in [3.63, 3.8) is 0 Å². The second-order valence-corrected chi connectivity index (χ2v) is 5.13. The predicted octanol–water partition coefficient (Wildman–Crippen LogP) is 2.51. The number of phenolic OH excluding ortho intramolecular Hbond substituents is 1. The zero-order valence-electron chi connectivity index (χ0n) is 12.1. The highest BCUT2D eigenvalue weighted by molar-refractivity contribution is 5.87. The summed E-state index contributed by atoms with van der Waals surface area (Å²) in [6.07, 6.45) is 7.25. The number of allylic oxidation sites excluding steroid dienone is 4. The molecule has 0 saturated heterocycles. The van der Waals surface area contributed by atoms with E-state index in [-0.39, 0.29) is 29.1 Å². The number of hydrogen-bond acceptors (Lipinski definition) is 4. The van der Waals surface area contributed by atoms with Crippen molar-refractivity contribution in [1.82, 2.24) is 5.32 Å². The summed E-state index contributed by atoms with van der Waals surface area (Å²) in [5, 5.41) is 30.6. The summed E-state index contributed by atoms with van der Waals surface area (Å²) in [5.41, 5.74) is 1.03. The van der Waals surface area contributed by atoms with Crippen LogP contribution < -0.4 is 5.32 Å². The molecule has 0 aliphatic heterocycles. The van der Waals surface area contributed by atoms with Crippen LogP contribution in [0.2, 0.25) is 0 Å². The van der Waals surface area contributed by atoms with Crippen LogP contribution in [0.25, 0.3) is 0 Å². The first-order valence-corrected chi connectivity index (χ1v) is 7.08. The molecule has 1 aliphatic rings. The lowest BCUT2D eigenvalue weighted by atomic mass is 9.98. The molecule has 4 N–H and O–H groups in total. The lowest BCUT2D eigenvalue weighted by Crippen LogP contribution is -2.23. The Hall–Kier alpha value is -2.69. The molecule has 1 atom stereocenters. The smallest absolute Gasteiger partial charge is 0.243 e. The van der Waals surface area contributed by atoms with E-state index in [1.807, 2.05) is 12.1 Å². The first-order chi connectivity index (χ1) is 10.5. The maximum absolute atomic E-state index is 11.7. The van der Waals surface area contributed by atoms with E-state index in [9.17, 15) is 20.1 Å². The predicted molar refractivity (Wildman–Crippen MR) is 83.5 cm³/mol. The van der Waals surface area contributed by atoms with Crippen LogP contribution in [0.1, 0.15) is 12.0 Å². The van der Waals surface area contributed by atoms with Gasteiger partial charge in [0.2, 0.25) is 5.91 Å². The topological polar surface area (TPSA) is 89.8 Å². The normalized spacial score (nSPS) is 17.9. The molecule has 0 radical (unpaired) electrons. The minimum Gasteiger partial charge on any atom is -0.508 e. The molecule has 116 valence electrons. The summed E-state index contributed by atoms with van der Waals surface area (Å²) in [5.74, 6) is -0.267. The van der Waals surface area contributed by atoms with Crippen LogP contribution in [0, 0.1) is 5.92 Å². The Kier molecular flexibility index (Phi) is 5.25. The van der Waals surface area contributed by atoms with Crippen molar-refractivity contribution in [1.29, 1.82) is 0 Å². The molecule has 1 aliphatic carbocycles. The first-order valence-electron chi connectivity index (χ1n) is 7.08. The number of nitrogens with one attached hydrogen (secondary N) is 1. The van der Waals surface area contributed by atoms with Crippen molar-refractivity contribution in [2.45, 2.75) is 12.8 Å². The summed E-state index contributed by atoms with van der Waals surface area (Å²) in [4.78, 5) is 11.7. The Labute approximate surface area is 128 Å². The molecule has 0 aromatic heterocycles. The van der Waals surface area contributed by atoms with Crippen molar-refractivity contribution in [2.24, 2.45) is 5.92 Å². The fourth-order valence-electron chi connectivity index (χ4n) is 2.10. The average molecular weight is 301 g/mol. The van der Waals surface area contributed by atoms with Crippen LogP contribution in [0.4, 0.5) is 0 Å². The molecule has 0 heterocycles. The van der Waals surface area contributed by atoms with Crippen LogP contribution in [0.15, 0.2) is 60.1 Å². The van der Waals surface area contributed by atoms with Crippen LogP contribution in [0.5, 0.6) is 5.75 Å². The van der Waals surface area contributed by atoms with Gasteiger partial charge in [-0.25, -0.2) is 0 Å². The number of amides is 1. The highest BCUT2D eigenvalue weighted by Gasteiger charge is 2.12. The largest absolute Gasteiger partial charge is 0.508 e. The van der Waals surface area contributed by atoms with E-state index in [1.165, 1.54) is 12.2 Å². The number of rotatable bonds is 5. The standard InChI is InChI=1S/C17H19NO4/c19-14-5-1-12(2-6-14)9-10-18-17(22)8-4-13-3-7-15(20)16(21)11-13/h1-8,13,19-21H,9-11H2,(H,18,22)/b8-4+. The maximum Gasteiger partial charge on any atom is 0.243 e. The number of aromatic hydroxyl groups is 1. The summed E-state index contributed by atoms with van der Waals surface area (Å²) >= 11 is 0. The van der Waals surface area contributed by atoms with E-state index in [4.69, 9.17) is 0 Å². The van der Waals surface area contributed by atoms with Crippen molar-refractivity contribution in [3.8, 4) is 5.75 Å². The fourth-order valence-corrected chi connectivity index (χ4v) is 2.10. The fraction of sp³-hybridized carbons (Fsp3) is 0.235. The van der Waals surface area contributed by atoms with Crippen LogP contribution in [-0.4, -0.2) is 27.8 Å². The lowest BCUT2D eigenvalue weighted by molar-refractivity contribution is -0.116. The van der Waals surface area contributed by atoms with Gasteiger partial charge in [0.05, 0.1) is 0 Å². The Morgan fingerprint density at radius 3 is 2.64 bits per heavy atom. The van der Waals surface area contributed by atoms with Gasteiger partial charge in [-0.2, -0.15) is 0 Å². The molecule has 1 aromatic carbocycles. The third-order valence-corrected chi connectivity index (χ3v) is 3.37. The zero-order valence-corrected chi connectivity index (χ0v) is 12.1. The molecule has 1 amide bonds. The summed E-state index contributed by atoms with van der Waals surface area (Å²) in [6.45, 7) is 0.500. The van der Waals surface area contributed by atoms with Gasteiger partial charge in [-0.1, -0.05) is 24.3 Å². The van der Waals surface area contributed by atoms with Crippen LogP contribution in [-0.2, 0) is 11.2 Å². The van der Waals surface area contributed by atoms with Gasteiger partial charge in [0.15, 0.2) is 5.76 Å². The summed E-state index contributed by atoms with van der Waals surface area (Å²) in [7, 11) is 0. The van der Waals surface area contributed by atoms with Gasteiger partial charge in [-0.3, -0.25) is 4.79 Å². The average Bonchev–Trinajstić information content (AvgIpc) is 2.50. The van der Waals surface area contributed by atoms with Gasteiger partial charge < -0.3 is 20.6 Å². The minimum absolute atomic E-state index is 0.0649. The Balaban J connectivity index is 1.73. The third-order valence-electron chi connectivity index (χ3n) is 3.37. The number of hydrogen-bond donors (Lipinski definition) is 4. The molecule has 1 unspecified atom stereocenters. The maximum atomic E-state index is 11.7. The Morgan fingerprint density at radius 1 is 1.23 bits per heavy atom. The molecule has 22 heavy (non-hydrogen) atoms. The monoisotopic (exact) mass is 301 g/mol. The van der Waals surface area contributed by atoms with E-state index >= 15 is 0 Å². The molecule has 2 rings (SSSR count). The second kappa shape index (κ2) is 7.36. The van der Waals surface area contributed by atoms with Gasteiger partial charge >= 0.3 is 0 Å². The van der Waals surface area contributed by atoms with Crippen molar-refractivity contribution < 1.29 is 20.1 Å². The summed E-state index contributed by atoms with van der Waals surface area (Å²) in [6, 6.07) is 6.85. The molecule has 0 fully saturated rings. The molecular weight excluding hydrogens is 282 g/mol. The van der Waals surface area contributed by atoms with Gasteiger partial charge in [-0.15, -0.1) is 0 Å².